The zero-order valence-corrected chi connectivity index (χ0v) is 12.1. The number of hydrogen-bond acceptors (Lipinski definition) is 3. The van der Waals surface area contributed by atoms with Gasteiger partial charge in [-0.1, -0.05) is 12.1 Å². The van der Waals surface area contributed by atoms with Crippen molar-refractivity contribution in [1.29, 1.82) is 0 Å². The zero-order chi connectivity index (χ0) is 14.8. The second kappa shape index (κ2) is 6.03. The Kier molecular flexibility index (Phi) is 4.12. The van der Waals surface area contributed by atoms with Crippen molar-refractivity contribution in [3.8, 4) is 5.75 Å². The Labute approximate surface area is 126 Å². The first kappa shape index (κ1) is 14.4. The fraction of sp³-hybridized carbons (Fsp3) is 0.250. The van der Waals surface area contributed by atoms with Crippen molar-refractivity contribution in [1.82, 2.24) is 5.32 Å². The lowest BCUT2D eigenvalue weighted by molar-refractivity contribution is 0.417. The minimum atomic E-state index is -0.625. The quantitative estimate of drug-likeness (QED) is 0.899. The summed E-state index contributed by atoms with van der Waals surface area (Å²) in [6.07, 6.45) is 0.872. The van der Waals surface area contributed by atoms with Crippen molar-refractivity contribution in [2.45, 2.75) is 23.9 Å². The molecule has 3 rings (SSSR count). The lowest BCUT2D eigenvalue weighted by Crippen LogP contribution is -2.24. The van der Waals surface area contributed by atoms with Gasteiger partial charge in [-0.2, -0.15) is 0 Å². The summed E-state index contributed by atoms with van der Waals surface area (Å²) < 4.78 is 26.7. The molecule has 0 amide bonds. The van der Waals surface area contributed by atoms with E-state index in [1.165, 1.54) is 12.1 Å². The molecule has 1 atom stereocenters. The first-order chi connectivity index (χ1) is 10.1. The molecule has 0 bridgehead atoms. The smallest absolute Gasteiger partial charge is 0.165 e. The van der Waals surface area contributed by atoms with Crippen molar-refractivity contribution in [3.05, 3.63) is 59.2 Å². The van der Waals surface area contributed by atoms with E-state index in [4.69, 9.17) is 0 Å². The number of para-hydroxylation sites is 1. The Morgan fingerprint density at radius 1 is 1.24 bits per heavy atom. The SMILES string of the molecule is Oc1c(F)cccc1CNC1CCSc2ccc(F)cc21. The van der Waals surface area contributed by atoms with Crippen LogP contribution in [0.15, 0.2) is 41.3 Å². The minimum absolute atomic E-state index is 0.0135. The van der Waals surface area contributed by atoms with Gasteiger partial charge in [0.05, 0.1) is 0 Å². The van der Waals surface area contributed by atoms with Crippen LogP contribution in [0.3, 0.4) is 0 Å². The van der Waals surface area contributed by atoms with Gasteiger partial charge >= 0.3 is 0 Å². The molecule has 0 aromatic heterocycles. The molecule has 2 aromatic carbocycles. The van der Waals surface area contributed by atoms with E-state index in [1.54, 1.807) is 36.0 Å². The van der Waals surface area contributed by atoms with Crippen LogP contribution in [0.5, 0.6) is 5.75 Å². The largest absolute Gasteiger partial charge is 0.505 e. The van der Waals surface area contributed by atoms with E-state index in [0.717, 1.165) is 22.6 Å². The van der Waals surface area contributed by atoms with Crippen LogP contribution < -0.4 is 5.32 Å². The zero-order valence-electron chi connectivity index (χ0n) is 11.3. The Balaban J connectivity index is 1.78. The van der Waals surface area contributed by atoms with E-state index in [9.17, 15) is 13.9 Å². The third-order valence-electron chi connectivity index (χ3n) is 3.62. The van der Waals surface area contributed by atoms with Crippen molar-refractivity contribution < 1.29 is 13.9 Å². The molecule has 0 aliphatic carbocycles. The summed E-state index contributed by atoms with van der Waals surface area (Å²) >= 11 is 1.71. The number of thioether (sulfide) groups is 1. The molecule has 1 aliphatic heterocycles. The van der Waals surface area contributed by atoms with Crippen LogP contribution in [-0.4, -0.2) is 10.9 Å². The van der Waals surface area contributed by atoms with Gasteiger partial charge in [-0.25, -0.2) is 8.78 Å². The molecule has 0 saturated heterocycles. The van der Waals surface area contributed by atoms with Gasteiger partial charge in [-0.05, 0) is 42.0 Å². The number of nitrogens with one attached hydrogen (secondary N) is 1. The lowest BCUT2D eigenvalue weighted by Gasteiger charge is -2.26. The fourth-order valence-corrected chi connectivity index (χ4v) is 3.62. The van der Waals surface area contributed by atoms with Crippen molar-refractivity contribution >= 4 is 11.8 Å². The third-order valence-corrected chi connectivity index (χ3v) is 4.74. The average Bonchev–Trinajstić information content (AvgIpc) is 2.49. The number of fused-ring (bicyclic) bond motifs is 1. The monoisotopic (exact) mass is 307 g/mol. The van der Waals surface area contributed by atoms with Crippen LogP contribution in [0.4, 0.5) is 8.78 Å². The van der Waals surface area contributed by atoms with Crippen LogP contribution in [0.2, 0.25) is 0 Å². The van der Waals surface area contributed by atoms with E-state index < -0.39 is 5.82 Å². The standard InChI is InChI=1S/C16H15F2NOS/c17-11-4-5-15-12(8-11)14(6-7-21-15)19-9-10-2-1-3-13(18)16(10)20/h1-5,8,14,19-20H,6-7,9H2. The lowest BCUT2D eigenvalue weighted by atomic mass is 10.0. The van der Waals surface area contributed by atoms with Gasteiger partial charge in [-0.15, -0.1) is 11.8 Å². The molecular formula is C16H15F2NOS. The summed E-state index contributed by atoms with van der Waals surface area (Å²) in [5.74, 6) is -0.253. The second-order valence-corrected chi connectivity index (χ2v) is 6.14. The topological polar surface area (TPSA) is 32.3 Å². The summed E-state index contributed by atoms with van der Waals surface area (Å²) in [4.78, 5) is 1.07. The molecule has 21 heavy (non-hydrogen) atoms. The molecule has 2 aromatic rings. The summed E-state index contributed by atoms with van der Waals surface area (Å²) in [5, 5.41) is 13.0. The molecule has 110 valence electrons. The number of hydrogen-bond donors (Lipinski definition) is 2. The molecule has 0 radical (unpaired) electrons. The van der Waals surface area contributed by atoms with Crippen molar-refractivity contribution in [3.63, 3.8) is 0 Å². The van der Waals surface area contributed by atoms with E-state index in [1.807, 2.05) is 0 Å². The first-order valence-corrected chi connectivity index (χ1v) is 7.75. The second-order valence-electron chi connectivity index (χ2n) is 5.00. The number of benzene rings is 2. The predicted molar refractivity (Wildman–Crippen MR) is 79.4 cm³/mol. The Bertz CT molecular complexity index is 663. The van der Waals surface area contributed by atoms with E-state index in [0.29, 0.717) is 12.1 Å². The normalized spacial score (nSPS) is 17.5. The van der Waals surface area contributed by atoms with Crippen LogP contribution in [0, 0.1) is 11.6 Å². The van der Waals surface area contributed by atoms with Gasteiger partial charge in [0, 0.05) is 23.0 Å². The van der Waals surface area contributed by atoms with Crippen molar-refractivity contribution in [2.24, 2.45) is 0 Å². The highest BCUT2D eigenvalue weighted by atomic mass is 32.2. The number of halogens is 2. The Hall–Kier alpha value is -1.59. The molecular weight excluding hydrogens is 292 g/mol. The molecule has 1 heterocycles. The van der Waals surface area contributed by atoms with Gasteiger partial charge in [0.25, 0.3) is 0 Å². The van der Waals surface area contributed by atoms with Crippen LogP contribution in [0.25, 0.3) is 0 Å². The van der Waals surface area contributed by atoms with E-state index in [-0.39, 0.29) is 17.6 Å². The van der Waals surface area contributed by atoms with Gasteiger partial charge in [0.15, 0.2) is 11.6 Å². The number of rotatable bonds is 3. The number of phenols is 1. The molecule has 1 unspecified atom stereocenters. The van der Waals surface area contributed by atoms with Crippen molar-refractivity contribution in [2.75, 3.05) is 5.75 Å². The third kappa shape index (κ3) is 3.04. The van der Waals surface area contributed by atoms with E-state index >= 15 is 0 Å². The summed E-state index contributed by atoms with van der Waals surface area (Å²) in [5.41, 5.74) is 1.44. The van der Waals surface area contributed by atoms with Gasteiger partial charge < -0.3 is 10.4 Å². The number of aromatic hydroxyl groups is 1. The molecule has 0 fully saturated rings. The summed E-state index contributed by atoms with van der Waals surface area (Å²) in [7, 11) is 0. The summed E-state index contributed by atoms with van der Waals surface area (Å²) in [6, 6.07) is 9.28. The van der Waals surface area contributed by atoms with Gasteiger partial charge in [0.1, 0.15) is 5.82 Å². The molecule has 2 nitrogen and oxygen atoms in total. The summed E-state index contributed by atoms with van der Waals surface area (Å²) in [6.45, 7) is 0.342. The van der Waals surface area contributed by atoms with Crippen LogP contribution >= 0.6 is 11.8 Å². The highest BCUT2D eigenvalue weighted by molar-refractivity contribution is 7.99. The maximum atomic E-state index is 13.4. The Morgan fingerprint density at radius 2 is 2.10 bits per heavy atom. The maximum Gasteiger partial charge on any atom is 0.165 e. The highest BCUT2D eigenvalue weighted by Gasteiger charge is 2.21. The minimum Gasteiger partial charge on any atom is -0.505 e. The van der Waals surface area contributed by atoms with Crippen LogP contribution in [0.1, 0.15) is 23.6 Å². The van der Waals surface area contributed by atoms with E-state index in [2.05, 4.69) is 5.32 Å². The van der Waals surface area contributed by atoms with Gasteiger partial charge in [-0.3, -0.25) is 0 Å². The van der Waals surface area contributed by atoms with Crippen LogP contribution in [-0.2, 0) is 6.54 Å². The fourth-order valence-electron chi connectivity index (χ4n) is 2.51. The molecule has 0 spiro atoms. The Morgan fingerprint density at radius 3 is 2.95 bits per heavy atom. The molecule has 5 heteroatoms. The maximum absolute atomic E-state index is 13.4. The van der Waals surface area contributed by atoms with Gasteiger partial charge in [0.2, 0.25) is 0 Å². The first-order valence-electron chi connectivity index (χ1n) is 6.77. The molecule has 1 aliphatic rings. The number of phenolic OH excluding ortho intramolecular Hbond substituents is 1. The average molecular weight is 307 g/mol. The highest BCUT2D eigenvalue weighted by Crippen LogP contribution is 2.36. The predicted octanol–water partition coefficient (Wildman–Crippen LogP) is 4.00. The molecule has 0 saturated carbocycles. The molecule has 2 N–H and O–H groups in total.